The topological polar surface area (TPSA) is 97.7 Å². The molecule has 0 unspecified atom stereocenters. The van der Waals surface area contributed by atoms with E-state index in [1.54, 1.807) is 36.4 Å². The second-order valence-corrected chi connectivity index (χ2v) is 6.24. The van der Waals surface area contributed by atoms with Gasteiger partial charge < -0.3 is 19.5 Å². The third-order valence-electron chi connectivity index (χ3n) is 3.71. The number of ether oxygens (including phenoxy) is 3. The molecule has 2 aromatic carbocycles. The Hall–Kier alpha value is -3.50. The Bertz CT molecular complexity index is 966. The van der Waals surface area contributed by atoms with E-state index in [9.17, 15) is 9.59 Å². The first kappa shape index (κ1) is 21.8. The molecule has 1 amide bonds. The lowest BCUT2D eigenvalue weighted by molar-refractivity contribution is -0.142. The average Bonchev–Trinajstić information content (AvgIpc) is 2.72. The zero-order chi connectivity index (χ0) is 21.2. The van der Waals surface area contributed by atoms with Gasteiger partial charge in [0, 0.05) is 16.8 Å². The van der Waals surface area contributed by atoms with Gasteiger partial charge in [0.2, 0.25) is 0 Å². The summed E-state index contributed by atoms with van der Waals surface area (Å²) in [4.78, 5) is 23.8. The minimum atomic E-state index is -0.674. The number of halogens is 1. The van der Waals surface area contributed by atoms with Crippen LogP contribution in [-0.4, -0.2) is 32.2 Å². The van der Waals surface area contributed by atoms with Gasteiger partial charge in [-0.1, -0.05) is 23.7 Å². The van der Waals surface area contributed by atoms with Crippen LogP contribution in [0.2, 0.25) is 5.02 Å². The molecule has 29 heavy (non-hydrogen) atoms. The molecule has 2 aromatic rings. The number of esters is 1. The van der Waals surface area contributed by atoms with E-state index < -0.39 is 18.5 Å². The maximum Gasteiger partial charge on any atom is 0.331 e. The normalized spacial score (nSPS) is 10.3. The molecule has 0 radical (unpaired) electrons. The number of aryl methyl sites for hydroxylation is 1. The van der Waals surface area contributed by atoms with Gasteiger partial charge in [0.15, 0.2) is 24.7 Å². The van der Waals surface area contributed by atoms with Crippen LogP contribution in [0.5, 0.6) is 11.5 Å². The predicted molar refractivity (Wildman–Crippen MR) is 109 cm³/mol. The van der Waals surface area contributed by atoms with Crippen LogP contribution in [0.4, 0.5) is 5.69 Å². The summed E-state index contributed by atoms with van der Waals surface area (Å²) in [5.74, 6) is -0.307. The number of carbonyl (C=O) groups excluding carboxylic acids is 2. The number of methoxy groups -OCH3 is 1. The van der Waals surface area contributed by atoms with E-state index in [2.05, 4.69) is 5.32 Å². The molecule has 0 heterocycles. The number of anilines is 1. The van der Waals surface area contributed by atoms with Gasteiger partial charge in [0.1, 0.15) is 6.07 Å². The molecule has 0 aliphatic rings. The van der Waals surface area contributed by atoms with Gasteiger partial charge in [-0.3, -0.25) is 4.79 Å². The first-order chi connectivity index (χ1) is 13.9. The van der Waals surface area contributed by atoms with Crippen molar-refractivity contribution in [3.8, 4) is 17.6 Å². The van der Waals surface area contributed by atoms with Gasteiger partial charge in [-0.15, -0.1) is 0 Å². The summed E-state index contributed by atoms with van der Waals surface area (Å²) in [6.45, 7) is 1.29. The van der Waals surface area contributed by atoms with Crippen molar-refractivity contribution in [2.75, 3.05) is 25.6 Å². The lowest BCUT2D eigenvalue weighted by Crippen LogP contribution is -2.20. The molecular weight excluding hydrogens is 396 g/mol. The molecule has 8 heteroatoms. The number of nitrogens with one attached hydrogen (secondary N) is 1. The summed E-state index contributed by atoms with van der Waals surface area (Å²) in [6.07, 6.45) is 2.71. The van der Waals surface area contributed by atoms with Crippen molar-refractivity contribution in [3.05, 3.63) is 58.6 Å². The average molecular weight is 415 g/mol. The largest absolute Gasteiger partial charge is 0.493 e. The Balaban J connectivity index is 1.90. The summed E-state index contributed by atoms with van der Waals surface area (Å²) >= 11 is 5.91. The standard InChI is InChI=1S/C21H19ClN2O5/c1-14-3-6-16(22)12-17(14)24-20(25)13-29-21(26)8-5-15-4-7-18(28-10-9-23)19(11-15)27-2/h3-8,11-12H,10,13H2,1-2H3,(H,24,25)/b8-5+. The van der Waals surface area contributed by atoms with Crippen molar-refractivity contribution in [1.29, 1.82) is 5.26 Å². The Labute approximate surface area is 173 Å². The molecule has 0 spiro atoms. The third-order valence-corrected chi connectivity index (χ3v) is 3.95. The minimum Gasteiger partial charge on any atom is -0.493 e. The Morgan fingerprint density at radius 2 is 2.00 bits per heavy atom. The molecule has 0 aliphatic heterocycles. The maximum absolute atomic E-state index is 12.0. The summed E-state index contributed by atoms with van der Waals surface area (Å²) in [5, 5.41) is 11.7. The highest BCUT2D eigenvalue weighted by Gasteiger charge is 2.09. The molecular formula is C21H19ClN2O5. The van der Waals surface area contributed by atoms with Gasteiger partial charge >= 0.3 is 5.97 Å². The highest BCUT2D eigenvalue weighted by Crippen LogP contribution is 2.28. The second kappa shape index (κ2) is 10.7. The van der Waals surface area contributed by atoms with Gasteiger partial charge in [0.25, 0.3) is 5.91 Å². The molecule has 1 N–H and O–H groups in total. The van der Waals surface area contributed by atoms with Gasteiger partial charge in [-0.25, -0.2) is 4.79 Å². The number of nitrogens with zero attached hydrogens (tertiary/aromatic N) is 1. The van der Waals surface area contributed by atoms with Crippen LogP contribution < -0.4 is 14.8 Å². The lowest BCUT2D eigenvalue weighted by atomic mass is 10.2. The van der Waals surface area contributed by atoms with E-state index in [1.165, 1.54) is 19.3 Å². The van der Waals surface area contributed by atoms with E-state index in [0.29, 0.717) is 27.8 Å². The number of nitriles is 1. The Morgan fingerprint density at radius 3 is 2.72 bits per heavy atom. The number of hydrogen-bond acceptors (Lipinski definition) is 6. The van der Waals surface area contributed by atoms with Gasteiger partial charge in [0.05, 0.1) is 7.11 Å². The van der Waals surface area contributed by atoms with Crippen molar-refractivity contribution in [2.45, 2.75) is 6.92 Å². The third kappa shape index (κ3) is 6.87. The summed E-state index contributed by atoms with van der Waals surface area (Å²) < 4.78 is 15.4. The first-order valence-electron chi connectivity index (χ1n) is 8.51. The Kier molecular flexibility index (Phi) is 8.07. The molecule has 2 rings (SSSR count). The highest BCUT2D eigenvalue weighted by molar-refractivity contribution is 6.31. The van der Waals surface area contributed by atoms with Crippen LogP contribution in [-0.2, 0) is 14.3 Å². The van der Waals surface area contributed by atoms with E-state index >= 15 is 0 Å². The van der Waals surface area contributed by atoms with Crippen molar-refractivity contribution < 1.29 is 23.8 Å². The first-order valence-corrected chi connectivity index (χ1v) is 8.89. The number of carbonyl (C=O) groups is 2. The van der Waals surface area contributed by atoms with Crippen molar-refractivity contribution in [3.63, 3.8) is 0 Å². The van der Waals surface area contributed by atoms with Crippen LogP contribution in [0.15, 0.2) is 42.5 Å². The fraction of sp³-hybridized carbons (Fsp3) is 0.190. The zero-order valence-corrected chi connectivity index (χ0v) is 16.7. The van der Waals surface area contributed by atoms with Gasteiger partial charge in [-0.05, 0) is 48.4 Å². The van der Waals surface area contributed by atoms with Crippen LogP contribution in [0.25, 0.3) is 6.08 Å². The summed E-state index contributed by atoms with van der Waals surface area (Å²) in [5.41, 5.74) is 2.05. The van der Waals surface area contributed by atoms with Crippen LogP contribution in [0.1, 0.15) is 11.1 Å². The van der Waals surface area contributed by atoms with Crippen LogP contribution in [0, 0.1) is 18.3 Å². The number of benzene rings is 2. The molecule has 0 saturated heterocycles. The van der Waals surface area contributed by atoms with Crippen LogP contribution in [0.3, 0.4) is 0 Å². The molecule has 150 valence electrons. The van der Waals surface area contributed by atoms with Crippen LogP contribution >= 0.6 is 11.6 Å². The maximum atomic E-state index is 12.0. The highest BCUT2D eigenvalue weighted by atomic mass is 35.5. The molecule has 0 saturated carbocycles. The summed E-state index contributed by atoms with van der Waals surface area (Å²) in [6, 6.07) is 11.9. The SMILES string of the molecule is COc1cc(/C=C/C(=O)OCC(=O)Nc2cc(Cl)ccc2C)ccc1OCC#N. The quantitative estimate of drug-likeness (QED) is 0.521. The molecule has 0 bridgehead atoms. The number of amides is 1. The summed E-state index contributed by atoms with van der Waals surface area (Å²) in [7, 11) is 1.47. The minimum absolute atomic E-state index is 0.103. The second-order valence-electron chi connectivity index (χ2n) is 5.81. The fourth-order valence-electron chi connectivity index (χ4n) is 2.28. The number of hydrogen-bond donors (Lipinski definition) is 1. The van der Waals surface area contributed by atoms with Crippen molar-refractivity contribution in [2.24, 2.45) is 0 Å². The number of rotatable bonds is 8. The fourth-order valence-corrected chi connectivity index (χ4v) is 2.45. The lowest BCUT2D eigenvalue weighted by Gasteiger charge is -2.09. The van der Waals surface area contributed by atoms with Gasteiger partial charge in [-0.2, -0.15) is 5.26 Å². The Morgan fingerprint density at radius 1 is 1.21 bits per heavy atom. The van der Waals surface area contributed by atoms with Crippen molar-refractivity contribution >= 4 is 35.2 Å². The smallest absolute Gasteiger partial charge is 0.331 e. The van der Waals surface area contributed by atoms with E-state index in [-0.39, 0.29) is 6.61 Å². The van der Waals surface area contributed by atoms with E-state index in [4.69, 9.17) is 31.1 Å². The molecule has 0 aromatic heterocycles. The molecule has 0 atom stereocenters. The monoisotopic (exact) mass is 414 g/mol. The van der Waals surface area contributed by atoms with E-state index in [0.717, 1.165) is 5.56 Å². The molecule has 0 fully saturated rings. The van der Waals surface area contributed by atoms with Crippen molar-refractivity contribution in [1.82, 2.24) is 0 Å². The predicted octanol–water partition coefficient (Wildman–Crippen LogP) is 3.75. The van der Waals surface area contributed by atoms with E-state index in [1.807, 2.05) is 13.0 Å². The molecule has 0 aliphatic carbocycles. The molecule has 7 nitrogen and oxygen atoms in total. The zero-order valence-electron chi connectivity index (χ0n) is 15.9.